The van der Waals surface area contributed by atoms with Crippen molar-refractivity contribution < 1.29 is 4.79 Å². The molecule has 0 fully saturated rings. The number of carbonyl (C=O) groups excluding carboxylic acids is 1. The van der Waals surface area contributed by atoms with Crippen LogP contribution in [-0.2, 0) is 0 Å². The fourth-order valence-corrected chi connectivity index (χ4v) is 3.11. The van der Waals surface area contributed by atoms with Gasteiger partial charge in [0.05, 0.1) is 16.8 Å². The molecule has 1 aromatic carbocycles. The van der Waals surface area contributed by atoms with Gasteiger partial charge in [-0.2, -0.15) is 0 Å². The first-order valence-electron chi connectivity index (χ1n) is 6.84. The van der Waals surface area contributed by atoms with Gasteiger partial charge in [0.25, 0.3) is 5.91 Å². The van der Waals surface area contributed by atoms with Crippen molar-refractivity contribution in [1.82, 2.24) is 4.90 Å². The van der Waals surface area contributed by atoms with Gasteiger partial charge >= 0.3 is 0 Å². The van der Waals surface area contributed by atoms with Crippen LogP contribution in [0.15, 0.2) is 35.7 Å². The lowest BCUT2D eigenvalue weighted by Crippen LogP contribution is -2.21. The molecule has 3 nitrogen and oxygen atoms in total. The number of rotatable bonds is 5. The third kappa shape index (κ3) is 3.77. The minimum atomic E-state index is -0.0288. The average molecular weight is 323 g/mol. The molecule has 1 heterocycles. The van der Waals surface area contributed by atoms with E-state index in [1.165, 1.54) is 4.88 Å². The molecule has 112 valence electrons. The van der Waals surface area contributed by atoms with E-state index in [4.69, 9.17) is 11.6 Å². The van der Waals surface area contributed by atoms with Crippen molar-refractivity contribution in [3.8, 4) is 0 Å². The predicted octanol–water partition coefficient (Wildman–Crippen LogP) is 4.67. The molecule has 0 aliphatic rings. The Morgan fingerprint density at radius 1 is 1.38 bits per heavy atom. The SMILES string of the molecule is CCC(Nc1cc(C(=O)N(C)C)ccc1Cl)c1cccs1. The maximum absolute atomic E-state index is 12.0. The molecule has 1 amide bonds. The molecule has 1 aromatic heterocycles. The maximum atomic E-state index is 12.0. The fourth-order valence-electron chi connectivity index (χ4n) is 2.08. The van der Waals surface area contributed by atoms with Crippen LogP contribution in [-0.4, -0.2) is 24.9 Å². The van der Waals surface area contributed by atoms with Crippen LogP contribution in [0.5, 0.6) is 0 Å². The van der Waals surface area contributed by atoms with Gasteiger partial charge in [0, 0.05) is 24.5 Å². The topological polar surface area (TPSA) is 32.3 Å². The molecule has 0 saturated carbocycles. The quantitative estimate of drug-likeness (QED) is 0.867. The molecule has 0 aliphatic carbocycles. The lowest BCUT2D eigenvalue weighted by Gasteiger charge is -2.19. The van der Waals surface area contributed by atoms with E-state index >= 15 is 0 Å². The van der Waals surface area contributed by atoms with Crippen LogP contribution in [0.4, 0.5) is 5.69 Å². The predicted molar refractivity (Wildman–Crippen MR) is 90.4 cm³/mol. The number of halogens is 1. The molecule has 2 aromatic rings. The minimum Gasteiger partial charge on any atom is -0.376 e. The summed E-state index contributed by atoms with van der Waals surface area (Å²) in [7, 11) is 3.48. The van der Waals surface area contributed by atoms with E-state index in [2.05, 4.69) is 23.7 Å². The van der Waals surface area contributed by atoms with Crippen LogP contribution in [0, 0.1) is 0 Å². The standard InChI is InChI=1S/C16H19ClN2OS/c1-4-13(15-6-5-9-21-15)18-14-10-11(7-8-12(14)17)16(20)19(2)3/h5-10,13,18H,4H2,1-3H3. The summed E-state index contributed by atoms with van der Waals surface area (Å²) in [6.45, 7) is 2.13. The first-order valence-corrected chi connectivity index (χ1v) is 8.09. The van der Waals surface area contributed by atoms with Gasteiger partial charge in [-0.25, -0.2) is 0 Å². The highest BCUT2D eigenvalue weighted by Gasteiger charge is 2.15. The number of carbonyl (C=O) groups is 1. The molecule has 5 heteroatoms. The summed E-state index contributed by atoms with van der Waals surface area (Å²) in [5.41, 5.74) is 1.43. The Labute approximate surface area is 134 Å². The van der Waals surface area contributed by atoms with E-state index in [1.807, 2.05) is 12.1 Å². The smallest absolute Gasteiger partial charge is 0.253 e. The number of hydrogen-bond donors (Lipinski definition) is 1. The Bertz CT molecular complexity index is 611. The van der Waals surface area contributed by atoms with Crippen LogP contribution in [0.2, 0.25) is 5.02 Å². The Balaban J connectivity index is 2.26. The van der Waals surface area contributed by atoms with E-state index < -0.39 is 0 Å². The number of nitrogens with one attached hydrogen (secondary N) is 1. The Kier molecular flexibility index (Phi) is 5.26. The third-order valence-corrected chi connectivity index (χ3v) is 4.56. The fraction of sp³-hybridized carbons (Fsp3) is 0.312. The summed E-state index contributed by atoms with van der Waals surface area (Å²) in [5.74, 6) is -0.0288. The molecule has 1 N–H and O–H groups in total. The van der Waals surface area contributed by atoms with Gasteiger partial charge in [-0.05, 0) is 36.1 Å². The number of benzene rings is 1. The highest BCUT2D eigenvalue weighted by Crippen LogP contribution is 2.30. The number of amides is 1. The number of thiophene rings is 1. The molecule has 2 rings (SSSR count). The summed E-state index contributed by atoms with van der Waals surface area (Å²) >= 11 is 7.97. The molecule has 21 heavy (non-hydrogen) atoms. The summed E-state index contributed by atoms with van der Waals surface area (Å²) in [4.78, 5) is 14.9. The normalized spacial score (nSPS) is 12.0. The van der Waals surface area contributed by atoms with Crippen molar-refractivity contribution >= 4 is 34.5 Å². The maximum Gasteiger partial charge on any atom is 0.253 e. The van der Waals surface area contributed by atoms with E-state index in [-0.39, 0.29) is 11.9 Å². The summed E-state index contributed by atoms with van der Waals surface area (Å²) in [5, 5.41) is 6.13. The van der Waals surface area contributed by atoms with Crippen LogP contribution in [0.3, 0.4) is 0 Å². The van der Waals surface area contributed by atoms with Crippen LogP contribution >= 0.6 is 22.9 Å². The Morgan fingerprint density at radius 3 is 2.71 bits per heavy atom. The van der Waals surface area contributed by atoms with Crippen molar-refractivity contribution in [2.24, 2.45) is 0 Å². The molecule has 0 aliphatic heterocycles. The van der Waals surface area contributed by atoms with Crippen LogP contribution < -0.4 is 5.32 Å². The van der Waals surface area contributed by atoms with Gasteiger partial charge in [-0.3, -0.25) is 4.79 Å². The average Bonchev–Trinajstić information content (AvgIpc) is 2.99. The summed E-state index contributed by atoms with van der Waals surface area (Å²) in [6.07, 6.45) is 0.947. The van der Waals surface area contributed by atoms with Gasteiger partial charge in [0.2, 0.25) is 0 Å². The summed E-state index contributed by atoms with van der Waals surface area (Å²) in [6, 6.07) is 9.68. The van der Waals surface area contributed by atoms with Gasteiger partial charge in [0.15, 0.2) is 0 Å². The first kappa shape index (κ1) is 15.9. The molecule has 0 spiro atoms. The van der Waals surface area contributed by atoms with E-state index in [0.29, 0.717) is 10.6 Å². The zero-order chi connectivity index (χ0) is 15.4. The number of anilines is 1. The van der Waals surface area contributed by atoms with Crippen molar-refractivity contribution in [2.45, 2.75) is 19.4 Å². The van der Waals surface area contributed by atoms with Crippen molar-refractivity contribution in [2.75, 3.05) is 19.4 Å². The van der Waals surface area contributed by atoms with Crippen LogP contribution in [0.1, 0.15) is 34.6 Å². The number of hydrogen-bond acceptors (Lipinski definition) is 3. The second-order valence-corrected chi connectivity index (χ2v) is 6.40. The molecule has 0 bridgehead atoms. The van der Waals surface area contributed by atoms with Crippen LogP contribution in [0.25, 0.3) is 0 Å². The summed E-state index contributed by atoms with van der Waals surface area (Å²) < 4.78 is 0. The Morgan fingerprint density at radius 2 is 2.14 bits per heavy atom. The monoisotopic (exact) mass is 322 g/mol. The minimum absolute atomic E-state index is 0.0288. The van der Waals surface area contributed by atoms with Gasteiger partial charge < -0.3 is 10.2 Å². The highest BCUT2D eigenvalue weighted by molar-refractivity contribution is 7.10. The van der Waals surface area contributed by atoms with Gasteiger partial charge in [-0.15, -0.1) is 11.3 Å². The molecule has 1 atom stereocenters. The van der Waals surface area contributed by atoms with Gasteiger partial charge in [0.1, 0.15) is 0 Å². The van der Waals surface area contributed by atoms with Crippen molar-refractivity contribution in [3.05, 3.63) is 51.2 Å². The lowest BCUT2D eigenvalue weighted by molar-refractivity contribution is 0.0827. The lowest BCUT2D eigenvalue weighted by atomic mass is 10.1. The molecule has 0 saturated heterocycles. The molecular weight excluding hydrogens is 304 g/mol. The van der Waals surface area contributed by atoms with Crippen molar-refractivity contribution in [3.63, 3.8) is 0 Å². The number of nitrogens with zero attached hydrogens (tertiary/aromatic N) is 1. The molecule has 1 unspecified atom stereocenters. The second-order valence-electron chi connectivity index (χ2n) is 5.01. The van der Waals surface area contributed by atoms with Gasteiger partial charge in [-0.1, -0.05) is 24.6 Å². The zero-order valence-corrected chi connectivity index (χ0v) is 14.0. The van der Waals surface area contributed by atoms with Crippen molar-refractivity contribution in [1.29, 1.82) is 0 Å². The van der Waals surface area contributed by atoms with E-state index in [0.717, 1.165) is 12.1 Å². The third-order valence-electron chi connectivity index (χ3n) is 3.24. The second kappa shape index (κ2) is 6.96. The zero-order valence-electron chi connectivity index (χ0n) is 12.4. The molecular formula is C16H19ClN2OS. The van der Waals surface area contributed by atoms with E-state index in [1.54, 1.807) is 42.5 Å². The molecule has 0 radical (unpaired) electrons. The highest BCUT2D eigenvalue weighted by atomic mass is 35.5. The Hall–Kier alpha value is -1.52. The largest absolute Gasteiger partial charge is 0.376 e. The van der Waals surface area contributed by atoms with E-state index in [9.17, 15) is 4.79 Å². The first-order chi connectivity index (χ1) is 10.0.